The van der Waals surface area contributed by atoms with Gasteiger partial charge in [0, 0.05) is 6.07 Å². The highest BCUT2D eigenvalue weighted by molar-refractivity contribution is 9.10. The molecule has 1 aromatic heterocycles. The van der Waals surface area contributed by atoms with Crippen LogP contribution in [0.5, 0.6) is 0 Å². The van der Waals surface area contributed by atoms with Crippen LogP contribution < -0.4 is 5.56 Å². The average Bonchev–Trinajstić information content (AvgIpc) is 2.96. The molecular weight excluding hydrogens is 268 g/mol. The third-order valence-corrected chi connectivity index (χ3v) is 2.61. The smallest absolute Gasteiger partial charge is 0.286 e. The summed E-state index contributed by atoms with van der Waals surface area (Å²) in [5, 5.41) is 10.6. The van der Waals surface area contributed by atoms with E-state index in [1.807, 2.05) is 0 Å². The Labute approximate surface area is 92.7 Å². The second-order valence-electron chi connectivity index (χ2n) is 3.22. The minimum Gasteiger partial charge on any atom is -0.371 e. The van der Waals surface area contributed by atoms with E-state index in [4.69, 9.17) is 4.74 Å². The molecule has 1 atom stereocenters. The number of hydrogen-bond donors (Lipinski definition) is 0. The fourth-order valence-electron chi connectivity index (χ4n) is 1.21. The van der Waals surface area contributed by atoms with Gasteiger partial charge >= 0.3 is 0 Å². The first-order valence-corrected chi connectivity index (χ1v) is 5.03. The lowest BCUT2D eigenvalue weighted by atomic mass is 10.4. The number of ether oxygens (including phenoxy) is 1. The molecule has 1 aliphatic heterocycles. The zero-order valence-electron chi connectivity index (χ0n) is 7.55. The number of nitro groups is 1. The van der Waals surface area contributed by atoms with E-state index in [-0.39, 0.29) is 21.8 Å². The molecule has 1 saturated heterocycles. The molecule has 7 heteroatoms. The van der Waals surface area contributed by atoms with Gasteiger partial charge in [0.2, 0.25) is 0 Å². The van der Waals surface area contributed by atoms with Crippen molar-refractivity contribution in [1.29, 1.82) is 0 Å². The largest absolute Gasteiger partial charge is 0.371 e. The van der Waals surface area contributed by atoms with Gasteiger partial charge in [0.15, 0.2) is 0 Å². The molecule has 0 radical (unpaired) electrons. The Kier molecular flexibility index (Phi) is 2.57. The minimum atomic E-state index is -0.533. The normalized spacial score (nSPS) is 18.9. The Morgan fingerprint density at radius 3 is 2.93 bits per heavy atom. The van der Waals surface area contributed by atoms with Gasteiger partial charge in [-0.3, -0.25) is 14.9 Å². The van der Waals surface area contributed by atoms with Gasteiger partial charge in [-0.15, -0.1) is 0 Å². The highest BCUT2D eigenvalue weighted by Gasteiger charge is 2.24. The van der Waals surface area contributed by atoms with Crippen LogP contribution in [-0.4, -0.2) is 22.2 Å². The van der Waals surface area contributed by atoms with Crippen molar-refractivity contribution < 1.29 is 9.66 Å². The van der Waals surface area contributed by atoms with Gasteiger partial charge in [0.05, 0.1) is 34.8 Å². The van der Waals surface area contributed by atoms with E-state index >= 15 is 0 Å². The van der Waals surface area contributed by atoms with E-state index in [0.717, 1.165) is 0 Å². The summed E-state index contributed by atoms with van der Waals surface area (Å²) in [5.41, 5.74) is -0.391. The molecule has 6 nitrogen and oxygen atoms in total. The van der Waals surface area contributed by atoms with Gasteiger partial charge < -0.3 is 9.30 Å². The fraction of sp³-hybridized carbons (Fsp3) is 0.375. The summed E-state index contributed by atoms with van der Waals surface area (Å²) in [6.45, 7) is 0.964. The number of aromatic nitrogens is 1. The maximum atomic E-state index is 11.5. The summed E-state index contributed by atoms with van der Waals surface area (Å²) >= 11 is 3.00. The Balaban J connectivity index is 2.41. The lowest BCUT2D eigenvalue weighted by Crippen LogP contribution is -2.22. The van der Waals surface area contributed by atoms with E-state index < -0.39 is 4.92 Å². The molecule has 80 valence electrons. The Morgan fingerprint density at radius 2 is 2.40 bits per heavy atom. The van der Waals surface area contributed by atoms with Crippen molar-refractivity contribution in [1.82, 2.24) is 4.57 Å². The standard InChI is InChI=1S/C8H7BrN2O4/c9-7-1-5(11(13)14)2-10(8(7)12)3-6-4-15-6/h1-2,6H,3-4H2. The highest BCUT2D eigenvalue weighted by atomic mass is 79.9. The quantitative estimate of drug-likeness (QED) is 0.467. The van der Waals surface area contributed by atoms with Gasteiger partial charge in [-0.05, 0) is 15.9 Å². The molecule has 0 aliphatic carbocycles. The molecule has 0 saturated carbocycles. The molecule has 0 N–H and O–H groups in total. The van der Waals surface area contributed by atoms with Crippen LogP contribution in [0.2, 0.25) is 0 Å². The van der Waals surface area contributed by atoms with Gasteiger partial charge in [-0.25, -0.2) is 0 Å². The lowest BCUT2D eigenvalue weighted by Gasteiger charge is -2.03. The van der Waals surface area contributed by atoms with Crippen LogP contribution in [0.4, 0.5) is 5.69 Å². The average molecular weight is 275 g/mol. The first kappa shape index (κ1) is 10.3. The summed E-state index contributed by atoms with van der Waals surface area (Å²) in [4.78, 5) is 21.6. The van der Waals surface area contributed by atoms with Gasteiger partial charge in [-0.1, -0.05) is 0 Å². The third kappa shape index (κ3) is 2.24. The third-order valence-electron chi connectivity index (χ3n) is 2.04. The van der Waals surface area contributed by atoms with Crippen LogP contribution >= 0.6 is 15.9 Å². The number of hydrogen-bond acceptors (Lipinski definition) is 4. The van der Waals surface area contributed by atoms with Gasteiger partial charge in [0.1, 0.15) is 0 Å². The van der Waals surface area contributed by atoms with E-state index in [0.29, 0.717) is 13.2 Å². The minimum absolute atomic E-state index is 0.0107. The van der Waals surface area contributed by atoms with Crippen molar-refractivity contribution >= 4 is 21.6 Å². The summed E-state index contributed by atoms with van der Waals surface area (Å²) in [5.74, 6) is 0. The molecule has 0 amide bonds. The van der Waals surface area contributed by atoms with Crippen molar-refractivity contribution in [2.24, 2.45) is 0 Å². The fourth-order valence-corrected chi connectivity index (χ4v) is 1.67. The first-order valence-electron chi connectivity index (χ1n) is 4.24. The Hall–Kier alpha value is -1.21. The summed E-state index contributed by atoms with van der Waals surface area (Å²) in [6, 6.07) is 1.20. The number of epoxide rings is 1. The Morgan fingerprint density at radius 1 is 1.73 bits per heavy atom. The molecular formula is C8H7BrN2O4. The molecule has 2 rings (SSSR count). The molecule has 2 heterocycles. The van der Waals surface area contributed by atoms with Crippen LogP contribution in [0.1, 0.15) is 0 Å². The lowest BCUT2D eigenvalue weighted by molar-refractivity contribution is -0.385. The maximum absolute atomic E-state index is 11.5. The van der Waals surface area contributed by atoms with Gasteiger partial charge in [-0.2, -0.15) is 0 Å². The highest BCUT2D eigenvalue weighted by Crippen LogP contribution is 2.16. The number of nitrogens with zero attached hydrogens (tertiary/aromatic N) is 2. The first-order chi connectivity index (χ1) is 7.08. The van der Waals surface area contributed by atoms with Crippen molar-refractivity contribution in [3.63, 3.8) is 0 Å². The van der Waals surface area contributed by atoms with Gasteiger partial charge in [0.25, 0.3) is 11.2 Å². The SMILES string of the molecule is O=c1c(Br)cc([N+](=O)[O-])cn1CC1CO1. The summed E-state index contributed by atoms with van der Waals surface area (Å²) in [7, 11) is 0. The maximum Gasteiger partial charge on any atom is 0.286 e. The van der Waals surface area contributed by atoms with E-state index in [2.05, 4.69) is 15.9 Å². The topological polar surface area (TPSA) is 77.7 Å². The van der Waals surface area contributed by atoms with Crippen molar-refractivity contribution in [2.75, 3.05) is 6.61 Å². The van der Waals surface area contributed by atoms with Crippen LogP contribution in [-0.2, 0) is 11.3 Å². The molecule has 0 bridgehead atoms. The van der Waals surface area contributed by atoms with Crippen LogP contribution in [0, 0.1) is 10.1 Å². The second-order valence-corrected chi connectivity index (χ2v) is 4.07. The van der Waals surface area contributed by atoms with E-state index in [1.54, 1.807) is 0 Å². The number of pyridine rings is 1. The number of rotatable bonds is 3. The predicted octanol–water partition coefficient (Wildman–Crippen LogP) is 0.918. The van der Waals surface area contributed by atoms with Crippen LogP contribution in [0.3, 0.4) is 0 Å². The van der Waals surface area contributed by atoms with Crippen LogP contribution in [0.15, 0.2) is 21.5 Å². The molecule has 1 fully saturated rings. The molecule has 0 aromatic carbocycles. The van der Waals surface area contributed by atoms with Crippen molar-refractivity contribution in [2.45, 2.75) is 12.6 Å². The molecule has 15 heavy (non-hydrogen) atoms. The van der Waals surface area contributed by atoms with Crippen molar-refractivity contribution in [3.8, 4) is 0 Å². The molecule has 1 aliphatic rings. The second kappa shape index (κ2) is 3.74. The van der Waals surface area contributed by atoms with Crippen molar-refractivity contribution in [3.05, 3.63) is 37.2 Å². The molecule has 0 spiro atoms. The number of halogens is 1. The monoisotopic (exact) mass is 274 g/mol. The Bertz CT molecular complexity index is 466. The predicted molar refractivity (Wildman–Crippen MR) is 54.8 cm³/mol. The molecule has 1 aromatic rings. The zero-order chi connectivity index (χ0) is 11.0. The van der Waals surface area contributed by atoms with E-state index in [9.17, 15) is 14.9 Å². The molecule has 1 unspecified atom stereocenters. The zero-order valence-corrected chi connectivity index (χ0v) is 9.14. The van der Waals surface area contributed by atoms with Crippen LogP contribution in [0.25, 0.3) is 0 Å². The van der Waals surface area contributed by atoms with E-state index in [1.165, 1.54) is 16.8 Å². The summed E-state index contributed by atoms with van der Waals surface area (Å²) < 4.78 is 6.45. The summed E-state index contributed by atoms with van der Waals surface area (Å²) in [6.07, 6.45) is 1.24.